The molecular formula is C29H43N3O4S2. The molecule has 1 unspecified atom stereocenters. The first kappa shape index (κ1) is 29.2. The van der Waals surface area contributed by atoms with Crippen LogP contribution in [-0.4, -0.2) is 71.2 Å². The molecule has 0 spiro atoms. The fraction of sp³-hybridized carbons (Fsp3) is 0.586. The van der Waals surface area contributed by atoms with Crippen LogP contribution in [0.25, 0.3) is 0 Å². The highest BCUT2D eigenvalue weighted by Gasteiger charge is 2.23. The molecular weight excluding hydrogens is 518 g/mol. The number of benzene rings is 2. The molecule has 0 bridgehead atoms. The van der Waals surface area contributed by atoms with E-state index in [0.717, 1.165) is 38.9 Å². The third-order valence-electron chi connectivity index (χ3n) is 7.82. The summed E-state index contributed by atoms with van der Waals surface area (Å²) in [5.41, 5.74) is 9.47. The van der Waals surface area contributed by atoms with Gasteiger partial charge in [0.15, 0.2) is 9.84 Å². The van der Waals surface area contributed by atoms with Crippen molar-refractivity contribution in [2.45, 2.75) is 65.0 Å². The van der Waals surface area contributed by atoms with Crippen LogP contribution in [-0.2, 0) is 52.2 Å². The first-order valence-corrected chi connectivity index (χ1v) is 17.6. The van der Waals surface area contributed by atoms with Crippen molar-refractivity contribution >= 4 is 19.9 Å². The lowest BCUT2D eigenvalue weighted by Gasteiger charge is -2.32. The van der Waals surface area contributed by atoms with E-state index in [0.29, 0.717) is 31.5 Å². The first-order valence-electron chi connectivity index (χ1n) is 13.6. The summed E-state index contributed by atoms with van der Waals surface area (Å²) in [7, 11) is -6.21. The number of nitrogens with zero attached hydrogens (tertiary/aromatic N) is 2. The molecule has 9 heteroatoms. The molecule has 0 saturated carbocycles. The average Bonchev–Trinajstić information content (AvgIpc) is 2.81. The average molecular weight is 562 g/mol. The van der Waals surface area contributed by atoms with Gasteiger partial charge in [-0.15, -0.1) is 0 Å². The van der Waals surface area contributed by atoms with Gasteiger partial charge >= 0.3 is 0 Å². The summed E-state index contributed by atoms with van der Waals surface area (Å²) in [5, 5.41) is 0. The summed E-state index contributed by atoms with van der Waals surface area (Å²) in [6.45, 7) is 11.1. The summed E-state index contributed by atoms with van der Waals surface area (Å²) in [6, 6.07) is 11.5. The van der Waals surface area contributed by atoms with Crippen LogP contribution in [0.15, 0.2) is 30.3 Å². The Morgan fingerprint density at radius 3 is 2.21 bits per heavy atom. The van der Waals surface area contributed by atoms with Crippen molar-refractivity contribution in [2.75, 3.05) is 44.6 Å². The number of hydrogen-bond donors (Lipinski definition) is 1. The Bertz CT molecular complexity index is 1370. The highest BCUT2D eigenvalue weighted by molar-refractivity contribution is 7.90. The predicted octanol–water partition coefficient (Wildman–Crippen LogP) is 3.42. The Labute approximate surface area is 229 Å². The van der Waals surface area contributed by atoms with Crippen LogP contribution in [0.3, 0.4) is 0 Å². The Hall–Kier alpha value is -1.78. The molecule has 2 aliphatic rings. The topological polar surface area (TPSA) is 86.8 Å². The minimum Gasteiger partial charge on any atom is -0.297 e. The fourth-order valence-electron chi connectivity index (χ4n) is 5.80. The largest absolute Gasteiger partial charge is 0.297 e. The van der Waals surface area contributed by atoms with Crippen molar-refractivity contribution in [1.29, 1.82) is 0 Å². The number of fused-ring (bicyclic) bond motifs is 2. The van der Waals surface area contributed by atoms with E-state index < -0.39 is 19.9 Å². The van der Waals surface area contributed by atoms with Crippen LogP contribution in [0.4, 0.5) is 0 Å². The SMILES string of the molecule is CC(C)c1cc(CC(C)c2ccc3c(c2)CN(CS(C)(=O)=O)CC3)c2c(c1)CN(CCNS(C)(=O)=O)CC2. The first-order chi connectivity index (χ1) is 17.8. The normalized spacial score (nSPS) is 17.8. The maximum absolute atomic E-state index is 11.8. The number of nitrogens with one attached hydrogen (secondary N) is 1. The van der Waals surface area contributed by atoms with Crippen LogP contribution in [0.2, 0.25) is 0 Å². The van der Waals surface area contributed by atoms with E-state index in [2.05, 4.69) is 60.7 Å². The maximum atomic E-state index is 11.8. The molecule has 0 aliphatic carbocycles. The van der Waals surface area contributed by atoms with Crippen molar-refractivity contribution in [3.8, 4) is 0 Å². The molecule has 2 aromatic carbocycles. The maximum Gasteiger partial charge on any atom is 0.208 e. The Balaban J connectivity index is 1.51. The minimum absolute atomic E-state index is 0.113. The molecule has 0 fully saturated rings. The van der Waals surface area contributed by atoms with Gasteiger partial charge in [0.2, 0.25) is 10.0 Å². The zero-order chi connectivity index (χ0) is 27.7. The van der Waals surface area contributed by atoms with Crippen LogP contribution in [0, 0.1) is 0 Å². The molecule has 2 aliphatic heterocycles. The highest BCUT2D eigenvalue weighted by Crippen LogP contribution is 2.32. The smallest absolute Gasteiger partial charge is 0.208 e. The monoisotopic (exact) mass is 561 g/mol. The van der Waals surface area contributed by atoms with Gasteiger partial charge in [-0.3, -0.25) is 9.80 Å². The van der Waals surface area contributed by atoms with Gasteiger partial charge in [0.05, 0.1) is 6.26 Å². The van der Waals surface area contributed by atoms with E-state index in [4.69, 9.17) is 0 Å². The second-order valence-electron chi connectivity index (χ2n) is 11.7. The summed E-state index contributed by atoms with van der Waals surface area (Å²) in [4.78, 5) is 4.37. The van der Waals surface area contributed by atoms with E-state index in [9.17, 15) is 16.8 Å². The molecule has 0 saturated heterocycles. The van der Waals surface area contributed by atoms with Gasteiger partial charge in [0, 0.05) is 45.5 Å². The van der Waals surface area contributed by atoms with E-state index in [1.54, 1.807) is 0 Å². The number of hydrogen-bond acceptors (Lipinski definition) is 6. The summed E-state index contributed by atoms with van der Waals surface area (Å²) in [6.07, 6.45) is 5.33. The standard InChI is InChI=1S/C29H43N3O4S2/c1-21(2)25-16-26(29-9-12-31(19-28(29)17-25)13-10-30-38(5,35)36)14-22(3)24-7-6-23-8-11-32(18-27(23)15-24)20-37(4,33)34/h6-7,15-17,21-22,30H,8-14,18-20H2,1-5H3. The minimum atomic E-state index is -3.17. The predicted molar refractivity (Wildman–Crippen MR) is 155 cm³/mol. The number of sulfonamides is 1. The molecule has 1 atom stereocenters. The summed E-state index contributed by atoms with van der Waals surface area (Å²) in [5.74, 6) is 0.886. The molecule has 2 aromatic rings. The van der Waals surface area contributed by atoms with Crippen molar-refractivity contribution in [2.24, 2.45) is 0 Å². The second-order valence-corrected chi connectivity index (χ2v) is 15.6. The van der Waals surface area contributed by atoms with Gasteiger partial charge in [-0.2, -0.15) is 0 Å². The Morgan fingerprint density at radius 2 is 1.53 bits per heavy atom. The molecule has 0 radical (unpaired) electrons. The van der Waals surface area contributed by atoms with Gasteiger partial charge in [-0.05, 0) is 70.0 Å². The molecule has 0 aromatic heterocycles. The van der Waals surface area contributed by atoms with Gasteiger partial charge in [-0.1, -0.05) is 51.1 Å². The van der Waals surface area contributed by atoms with Gasteiger partial charge in [0.25, 0.3) is 0 Å². The van der Waals surface area contributed by atoms with Gasteiger partial charge in [-0.25, -0.2) is 21.6 Å². The van der Waals surface area contributed by atoms with Crippen LogP contribution >= 0.6 is 0 Å². The lowest BCUT2D eigenvalue weighted by atomic mass is 9.83. The molecule has 210 valence electrons. The van der Waals surface area contributed by atoms with E-state index >= 15 is 0 Å². The molecule has 0 amide bonds. The van der Waals surface area contributed by atoms with Crippen molar-refractivity contribution < 1.29 is 16.8 Å². The van der Waals surface area contributed by atoms with Gasteiger partial charge in [0.1, 0.15) is 5.88 Å². The van der Waals surface area contributed by atoms with Crippen LogP contribution < -0.4 is 4.72 Å². The van der Waals surface area contributed by atoms with E-state index in [1.807, 2.05) is 4.90 Å². The van der Waals surface area contributed by atoms with Crippen LogP contribution in [0.1, 0.15) is 71.6 Å². The third-order valence-corrected chi connectivity index (χ3v) is 9.38. The zero-order valence-electron chi connectivity index (χ0n) is 23.5. The Morgan fingerprint density at radius 1 is 0.842 bits per heavy atom. The van der Waals surface area contributed by atoms with E-state index in [-0.39, 0.29) is 5.88 Å². The quantitative estimate of drug-likeness (QED) is 0.478. The summed E-state index contributed by atoms with van der Waals surface area (Å²) >= 11 is 0. The molecule has 4 rings (SSSR count). The molecule has 2 heterocycles. The van der Waals surface area contributed by atoms with E-state index in [1.165, 1.54) is 51.5 Å². The van der Waals surface area contributed by atoms with Crippen LogP contribution in [0.5, 0.6) is 0 Å². The van der Waals surface area contributed by atoms with Gasteiger partial charge < -0.3 is 0 Å². The fourth-order valence-corrected chi connectivity index (χ4v) is 7.15. The highest BCUT2D eigenvalue weighted by atomic mass is 32.2. The van der Waals surface area contributed by atoms with Crippen molar-refractivity contribution in [3.05, 3.63) is 69.3 Å². The van der Waals surface area contributed by atoms with Crippen molar-refractivity contribution in [3.63, 3.8) is 0 Å². The molecule has 38 heavy (non-hydrogen) atoms. The van der Waals surface area contributed by atoms with Crippen molar-refractivity contribution in [1.82, 2.24) is 14.5 Å². The second kappa shape index (κ2) is 11.8. The molecule has 7 nitrogen and oxygen atoms in total. The lowest BCUT2D eigenvalue weighted by Crippen LogP contribution is -2.38. The lowest BCUT2D eigenvalue weighted by molar-refractivity contribution is 0.258. The number of rotatable bonds is 10. The zero-order valence-corrected chi connectivity index (χ0v) is 25.1. The number of sulfone groups is 1. The Kier molecular flexibility index (Phi) is 9.04. The third kappa shape index (κ3) is 7.88. The summed E-state index contributed by atoms with van der Waals surface area (Å²) < 4.78 is 49.2. The molecule has 1 N–H and O–H groups in total.